The summed E-state index contributed by atoms with van der Waals surface area (Å²) in [6, 6.07) is 7.79. The van der Waals surface area contributed by atoms with Crippen molar-refractivity contribution in [3.63, 3.8) is 0 Å². The Bertz CT molecular complexity index is 357. The third kappa shape index (κ3) is 4.57. The standard InChI is InChI=1S/C14H22N2O/c1-10(2)8-12(9-15)14(17)16-13-6-4-11(3)5-7-13/h4-7,10,12H,8-9,15H2,1-3H3,(H,16,17). The summed E-state index contributed by atoms with van der Waals surface area (Å²) in [5, 5.41) is 2.91. The van der Waals surface area contributed by atoms with E-state index in [0.717, 1.165) is 12.1 Å². The largest absolute Gasteiger partial charge is 0.330 e. The minimum atomic E-state index is -0.101. The van der Waals surface area contributed by atoms with Gasteiger partial charge in [0.1, 0.15) is 0 Å². The third-order valence-electron chi connectivity index (χ3n) is 2.73. The van der Waals surface area contributed by atoms with Crippen LogP contribution < -0.4 is 11.1 Å². The summed E-state index contributed by atoms with van der Waals surface area (Å²) in [5.74, 6) is 0.397. The highest BCUT2D eigenvalue weighted by Crippen LogP contribution is 2.14. The lowest BCUT2D eigenvalue weighted by Gasteiger charge is -2.16. The van der Waals surface area contributed by atoms with Gasteiger partial charge in [0.25, 0.3) is 0 Å². The van der Waals surface area contributed by atoms with Crippen LogP contribution >= 0.6 is 0 Å². The molecule has 0 aliphatic heterocycles. The molecule has 0 saturated carbocycles. The highest BCUT2D eigenvalue weighted by atomic mass is 16.1. The zero-order chi connectivity index (χ0) is 12.8. The average molecular weight is 234 g/mol. The number of aryl methyl sites for hydroxylation is 1. The molecule has 17 heavy (non-hydrogen) atoms. The Balaban J connectivity index is 2.60. The first kappa shape index (κ1) is 13.7. The van der Waals surface area contributed by atoms with Crippen LogP contribution in [0.1, 0.15) is 25.8 Å². The Kier molecular flexibility index (Phi) is 5.16. The lowest BCUT2D eigenvalue weighted by Crippen LogP contribution is -2.30. The van der Waals surface area contributed by atoms with Crippen molar-refractivity contribution >= 4 is 11.6 Å². The fourth-order valence-electron chi connectivity index (χ4n) is 1.76. The van der Waals surface area contributed by atoms with Crippen molar-refractivity contribution in [3.8, 4) is 0 Å². The van der Waals surface area contributed by atoms with Crippen LogP contribution in [0.4, 0.5) is 5.69 Å². The molecule has 94 valence electrons. The molecule has 0 saturated heterocycles. The molecule has 3 N–H and O–H groups in total. The van der Waals surface area contributed by atoms with Gasteiger partial charge in [-0.2, -0.15) is 0 Å². The number of carbonyl (C=O) groups is 1. The summed E-state index contributed by atoms with van der Waals surface area (Å²) in [5.41, 5.74) is 7.66. The minimum Gasteiger partial charge on any atom is -0.330 e. The summed E-state index contributed by atoms with van der Waals surface area (Å²) in [6.07, 6.45) is 0.828. The number of rotatable bonds is 5. The van der Waals surface area contributed by atoms with Crippen LogP contribution in [-0.2, 0) is 4.79 Å². The summed E-state index contributed by atoms with van der Waals surface area (Å²) in [7, 11) is 0. The number of amides is 1. The quantitative estimate of drug-likeness (QED) is 0.822. The van der Waals surface area contributed by atoms with Crippen LogP contribution in [0.3, 0.4) is 0 Å². The van der Waals surface area contributed by atoms with Gasteiger partial charge < -0.3 is 11.1 Å². The van der Waals surface area contributed by atoms with Crippen LogP contribution in [0.5, 0.6) is 0 Å². The summed E-state index contributed by atoms with van der Waals surface area (Å²) in [4.78, 5) is 12.0. The van der Waals surface area contributed by atoms with Crippen molar-refractivity contribution in [1.29, 1.82) is 0 Å². The molecule has 3 nitrogen and oxygen atoms in total. The Morgan fingerprint density at radius 3 is 2.35 bits per heavy atom. The topological polar surface area (TPSA) is 55.1 Å². The van der Waals surface area contributed by atoms with Crippen LogP contribution in [0.25, 0.3) is 0 Å². The maximum Gasteiger partial charge on any atom is 0.228 e. The predicted molar refractivity (Wildman–Crippen MR) is 71.8 cm³/mol. The first-order chi connectivity index (χ1) is 8.02. The SMILES string of the molecule is Cc1ccc(NC(=O)C(CN)CC(C)C)cc1. The van der Waals surface area contributed by atoms with Crippen molar-refractivity contribution in [2.24, 2.45) is 17.6 Å². The third-order valence-corrected chi connectivity index (χ3v) is 2.73. The number of carbonyl (C=O) groups excluding carboxylic acids is 1. The number of hydrogen-bond acceptors (Lipinski definition) is 2. The van der Waals surface area contributed by atoms with Gasteiger partial charge in [0.2, 0.25) is 5.91 Å². The molecule has 1 atom stereocenters. The molecule has 0 aliphatic rings. The number of nitrogens with two attached hydrogens (primary N) is 1. The maximum atomic E-state index is 12.0. The molecule has 0 radical (unpaired) electrons. The fraction of sp³-hybridized carbons (Fsp3) is 0.500. The molecular weight excluding hydrogens is 212 g/mol. The monoisotopic (exact) mass is 234 g/mol. The van der Waals surface area contributed by atoms with E-state index in [2.05, 4.69) is 19.2 Å². The molecule has 1 unspecified atom stereocenters. The van der Waals surface area contributed by atoms with E-state index < -0.39 is 0 Å². The molecule has 1 amide bonds. The lowest BCUT2D eigenvalue weighted by atomic mass is 9.96. The Morgan fingerprint density at radius 2 is 1.88 bits per heavy atom. The summed E-state index contributed by atoms with van der Waals surface area (Å²) < 4.78 is 0. The normalized spacial score (nSPS) is 12.5. The van der Waals surface area contributed by atoms with Gasteiger partial charge in [0.05, 0.1) is 5.92 Å². The molecule has 1 aromatic rings. The molecule has 0 bridgehead atoms. The van der Waals surface area contributed by atoms with Crippen molar-refractivity contribution in [2.75, 3.05) is 11.9 Å². The van der Waals surface area contributed by atoms with Gasteiger partial charge in [-0.15, -0.1) is 0 Å². The fourth-order valence-corrected chi connectivity index (χ4v) is 1.76. The predicted octanol–water partition coefficient (Wildman–Crippen LogP) is 2.55. The summed E-state index contributed by atoms with van der Waals surface area (Å²) in [6.45, 7) is 6.62. The number of benzene rings is 1. The van der Waals surface area contributed by atoms with E-state index in [4.69, 9.17) is 5.73 Å². The van der Waals surface area contributed by atoms with Crippen molar-refractivity contribution in [3.05, 3.63) is 29.8 Å². The second-order valence-electron chi connectivity index (χ2n) is 4.92. The number of hydrogen-bond donors (Lipinski definition) is 2. The molecule has 0 fully saturated rings. The van der Waals surface area contributed by atoms with E-state index >= 15 is 0 Å². The van der Waals surface area contributed by atoms with Crippen LogP contribution in [-0.4, -0.2) is 12.5 Å². The van der Waals surface area contributed by atoms with E-state index in [9.17, 15) is 4.79 Å². The highest BCUT2D eigenvalue weighted by Gasteiger charge is 2.17. The van der Waals surface area contributed by atoms with E-state index in [0.29, 0.717) is 12.5 Å². The Morgan fingerprint density at radius 1 is 1.29 bits per heavy atom. The molecule has 0 aliphatic carbocycles. The van der Waals surface area contributed by atoms with Gasteiger partial charge in [0.15, 0.2) is 0 Å². The van der Waals surface area contributed by atoms with Gasteiger partial charge >= 0.3 is 0 Å². The van der Waals surface area contributed by atoms with E-state index in [1.54, 1.807) is 0 Å². The van der Waals surface area contributed by atoms with Gasteiger partial charge in [-0.25, -0.2) is 0 Å². The Labute approximate surface area is 103 Å². The Hall–Kier alpha value is -1.35. The smallest absolute Gasteiger partial charge is 0.228 e. The van der Waals surface area contributed by atoms with E-state index in [1.807, 2.05) is 31.2 Å². The molecule has 0 aromatic heterocycles. The van der Waals surface area contributed by atoms with Gasteiger partial charge in [-0.1, -0.05) is 31.5 Å². The first-order valence-corrected chi connectivity index (χ1v) is 6.10. The zero-order valence-corrected chi connectivity index (χ0v) is 10.9. The van der Waals surface area contributed by atoms with E-state index in [-0.39, 0.29) is 11.8 Å². The second-order valence-corrected chi connectivity index (χ2v) is 4.92. The highest BCUT2D eigenvalue weighted by molar-refractivity contribution is 5.92. The number of nitrogens with one attached hydrogen (secondary N) is 1. The lowest BCUT2D eigenvalue weighted by molar-refractivity contribution is -0.120. The molecule has 3 heteroatoms. The van der Waals surface area contributed by atoms with E-state index in [1.165, 1.54) is 5.56 Å². The second kappa shape index (κ2) is 6.40. The van der Waals surface area contributed by atoms with Crippen molar-refractivity contribution in [2.45, 2.75) is 27.2 Å². The zero-order valence-electron chi connectivity index (χ0n) is 10.9. The summed E-state index contributed by atoms with van der Waals surface area (Å²) >= 11 is 0. The first-order valence-electron chi connectivity index (χ1n) is 6.10. The number of anilines is 1. The molecule has 0 spiro atoms. The molecule has 1 rings (SSSR count). The van der Waals surface area contributed by atoms with Gasteiger partial charge in [0, 0.05) is 12.2 Å². The average Bonchev–Trinajstić information content (AvgIpc) is 2.28. The maximum absolute atomic E-state index is 12.0. The van der Waals surface area contributed by atoms with Crippen LogP contribution in [0, 0.1) is 18.8 Å². The van der Waals surface area contributed by atoms with Crippen LogP contribution in [0.2, 0.25) is 0 Å². The van der Waals surface area contributed by atoms with Crippen molar-refractivity contribution < 1.29 is 4.79 Å². The minimum absolute atomic E-state index is 0.0186. The molecular formula is C14H22N2O. The van der Waals surface area contributed by atoms with Gasteiger partial charge in [-0.3, -0.25) is 4.79 Å². The van der Waals surface area contributed by atoms with Gasteiger partial charge in [-0.05, 0) is 31.4 Å². The molecule has 0 heterocycles. The van der Waals surface area contributed by atoms with Crippen LogP contribution in [0.15, 0.2) is 24.3 Å². The van der Waals surface area contributed by atoms with Crippen molar-refractivity contribution in [1.82, 2.24) is 0 Å². The molecule has 1 aromatic carbocycles.